The Morgan fingerprint density at radius 1 is 0.290 bits per heavy atom. The molecule has 11 aromatic rings. The minimum Gasteiger partial charge on any atom is -0.208 e. The molecule has 0 aliphatic heterocycles. The van der Waals surface area contributed by atoms with Gasteiger partial charge < -0.3 is 0 Å². The minimum atomic E-state index is -0.431. The topological polar surface area (TPSA) is 38.7 Å². The zero-order chi connectivity index (χ0) is 40.8. The van der Waals surface area contributed by atoms with Gasteiger partial charge in [-0.1, -0.05) is 176 Å². The molecule has 0 unspecified atom stereocenters. The molecule has 0 bridgehead atoms. The predicted molar refractivity (Wildman–Crippen MR) is 256 cm³/mol. The van der Waals surface area contributed by atoms with Crippen LogP contribution in [0.5, 0.6) is 0 Å². The van der Waals surface area contributed by atoms with Crippen LogP contribution in [0.3, 0.4) is 0 Å². The second kappa shape index (κ2) is 13.6. The van der Waals surface area contributed by atoms with Crippen LogP contribution in [0.2, 0.25) is 0 Å². The van der Waals surface area contributed by atoms with Crippen LogP contribution in [0.15, 0.2) is 212 Å². The molecule has 1 spiro atoms. The van der Waals surface area contributed by atoms with Gasteiger partial charge in [-0.25, -0.2) is 15.0 Å². The number of aromatic nitrogens is 3. The lowest BCUT2D eigenvalue weighted by Gasteiger charge is -2.32. The third-order valence-corrected chi connectivity index (χ3v) is 14.1. The fraction of sp³-hybridized carbons (Fsp3) is 0.0172. The summed E-state index contributed by atoms with van der Waals surface area (Å²) < 4.78 is 2.53. The molecule has 62 heavy (non-hydrogen) atoms. The SMILES string of the molecule is c1ccc(-c2nc(-c3cccc(-c4cccc(-c5cccc6c5C5(c7ccccc7-c7ccccc75)c5ccccc5-6)c4)c3)nc(-c3ccc4sc5ccccc5c4c3)n2)cc1. The number of rotatable bonds is 5. The first-order valence-electron chi connectivity index (χ1n) is 21.1. The van der Waals surface area contributed by atoms with E-state index in [1.165, 1.54) is 75.8 Å². The molecule has 4 heteroatoms. The van der Waals surface area contributed by atoms with Gasteiger partial charge in [0.15, 0.2) is 17.5 Å². The van der Waals surface area contributed by atoms with E-state index in [0.29, 0.717) is 17.5 Å². The Balaban J connectivity index is 0.951. The molecule has 2 heterocycles. The lowest BCUT2D eigenvalue weighted by atomic mass is 9.68. The standard InChI is InChI=1S/C58H35N3S/c1-2-15-36(16-3-1)55-59-56(61-57(60-55)41-31-32-53-48(35-41)46-24-7-11-30-52(46)62-53)40-20-13-18-38(34-40)37-17-12-19-39(33-37)42-25-14-26-47-45-23-6-10-29-51(45)58(54(42)47)49-27-8-4-21-43(49)44-22-5-9-28-50(44)58/h1-35H. The highest BCUT2D eigenvalue weighted by Gasteiger charge is 2.52. The number of nitrogens with zero attached hydrogens (tertiary/aromatic N) is 3. The van der Waals surface area contributed by atoms with Gasteiger partial charge in [0.2, 0.25) is 0 Å². The summed E-state index contributed by atoms with van der Waals surface area (Å²) in [5, 5.41) is 2.47. The van der Waals surface area contributed by atoms with Crippen molar-refractivity contribution in [2.24, 2.45) is 0 Å². The van der Waals surface area contributed by atoms with Crippen LogP contribution in [-0.2, 0) is 5.41 Å². The zero-order valence-corrected chi connectivity index (χ0v) is 34.3. The van der Waals surface area contributed by atoms with E-state index < -0.39 is 5.41 Å². The quantitative estimate of drug-likeness (QED) is 0.174. The maximum atomic E-state index is 5.19. The van der Waals surface area contributed by atoms with Crippen molar-refractivity contribution in [3.8, 4) is 78.7 Å². The molecule has 0 fully saturated rings. The highest BCUT2D eigenvalue weighted by atomic mass is 32.1. The van der Waals surface area contributed by atoms with Crippen LogP contribution in [0, 0.1) is 0 Å². The van der Waals surface area contributed by atoms with Crippen molar-refractivity contribution in [1.82, 2.24) is 15.0 Å². The minimum absolute atomic E-state index is 0.431. The lowest BCUT2D eigenvalue weighted by Crippen LogP contribution is -2.26. The molecule has 0 saturated carbocycles. The van der Waals surface area contributed by atoms with Crippen LogP contribution >= 0.6 is 11.3 Å². The van der Waals surface area contributed by atoms with E-state index in [1.54, 1.807) is 0 Å². The van der Waals surface area contributed by atoms with E-state index >= 15 is 0 Å². The molecule has 0 N–H and O–H groups in total. The van der Waals surface area contributed by atoms with Gasteiger partial charge in [-0.2, -0.15) is 0 Å². The fourth-order valence-corrected chi connectivity index (χ4v) is 11.4. The molecule has 9 aromatic carbocycles. The van der Waals surface area contributed by atoms with Gasteiger partial charge in [-0.3, -0.25) is 0 Å². The number of thiophene rings is 1. The summed E-state index contributed by atoms with van der Waals surface area (Å²) in [6.45, 7) is 0. The van der Waals surface area contributed by atoms with Crippen molar-refractivity contribution >= 4 is 31.5 Å². The van der Waals surface area contributed by atoms with Crippen molar-refractivity contribution in [1.29, 1.82) is 0 Å². The maximum Gasteiger partial charge on any atom is 0.164 e. The normalized spacial score (nSPS) is 13.0. The first-order chi connectivity index (χ1) is 30.7. The molecule has 2 aromatic heterocycles. The number of benzene rings is 9. The zero-order valence-electron chi connectivity index (χ0n) is 33.5. The molecule has 2 aliphatic rings. The Morgan fingerprint density at radius 3 is 1.44 bits per heavy atom. The lowest BCUT2D eigenvalue weighted by molar-refractivity contribution is 0.796. The Morgan fingerprint density at radius 2 is 0.742 bits per heavy atom. The number of hydrogen-bond donors (Lipinski definition) is 0. The second-order valence-corrected chi connectivity index (χ2v) is 17.3. The summed E-state index contributed by atoms with van der Waals surface area (Å²) in [5.41, 5.74) is 17.7. The van der Waals surface area contributed by atoms with Crippen LogP contribution in [-0.4, -0.2) is 15.0 Å². The first-order valence-corrected chi connectivity index (χ1v) is 21.9. The van der Waals surface area contributed by atoms with E-state index in [9.17, 15) is 0 Å². The van der Waals surface area contributed by atoms with Gasteiger partial charge in [-0.15, -0.1) is 11.3 Å². The van der Waals surface area contributed by atoms with Crippen molar-refractivity contribution in [3.05, 3.63) is 235 Å². The first kappa shape index (κ1) is 35.0. The van der Waals surface area contributed by atoms with E-state index in [0.717, 1.165) is 27.8 Å². The predicted octanol–water partition coefficient (Wildman–Crippen LogP) is 14.9. The van der Waals surface area contributed by atoms with Crippen LogP contribution in [0.4, 0.5) is 0 Å². The Labute approximate surface area is 363 Å². The molecular formula is C58H35N3S. The van der Waals surface area contributed by atoms with Crippen molar-refractivity contribution in [2.45, 2.75) is 5.41 Å². The summed E-state index contributed by atoms with van der Waals surface area (Å²) in [6.07, 6.45) is 0. The highest BCUT2D eigenvalue weighted by molar-refractivity contribution is 7.25. The molecule has 0 radical (unpaired) electrons. The summed E-state index contributed by atoms with van der Waals surface area (Å²) in [6, 6.07) is 76.9. The van der Waals surface area contributed by atoms with Gasteiger partial charge in [0, 0.05) is 36.9 Å². The van der Waals surface area contributed by atoms with Gasteiger partial charge in [-0.05, 0) is 103 Å². The Hall–Kier alpha value is -7.79. The molecule has 13 rings (SSSR count). The highest BCUT2D eigenvalue weighted by Crippen LogP contribution is 2.64. The van der Waals surface area contributed by atoms with Crippen LogP contribution in [0.1, 0.15) is 22.3 Å². The van der Waals surface area contributed by atoms with E-state index in [2.05, 4.69) is 194 Å². The number of hydrogen-bond acceptors (Lipinski definition) is 4. The maximum absolute atomic E-state index is 5.19. The third kappa shape index (κ3) is 5.14. The largest absolute Gasteiger partial charge is 0.208 e. The third-order valence-electron chi connectivity index (χ3n) is 12.9. The second-order valence-electron chi connectivity index (χ2n) is 16.3. The van der Waals surface area contributed by atoms with E-state index in [-0.39, 0.29) is 0 Å². The van der Waals surface area contributed by atoms with Crippen LogP contribution < -0.4 is 0 Å². The molecular weight excluding hydrogens is 771 g/mol. The average Bonchev–Trinajstić information content (AvgIpc) is 3.98. The fourth-order valence-electron chi connectivity index (χ4n) is 10.3. The van der Waals surface area contributed by atoms with Gasteiger partial charge >= 0.3 is 0 Å². The van der Waals surface area contributed by atoms with Crippen molar-refractivity contribution < 1.29 is 0 Å². The molecule has 288 valence electrons. The van der Waals surface area contributed by atoms with E-state index in [1.807, 2.05) is 29.5 Å². The summed E-state index contributed by atoms with van der Waals surface area (Å²) in [5.74, 6) is 1.94. The molecule has 0 atom stereocenters. The summed E-state index contributed by atoms with van der Waals surface area (Å²) >= 11 is 1.81. The monoisotopic (exact) mass is 805 g/mol. The summed E-state index contributed by atoms with van der Waals surface area (Å²) in [7, 11) is 0. The van der Waals surface area contributed by atoms with Crippen molar-refractivity contribution in [2.75, 3.05) is 0 Å². The van der Waals surface area contributed by atoms with Crippen molar-refractivity contribution in [3.63, 3.8) is 0 Å². The Kier molecular flexibility index (Phi) is 7.69. The molecule has 3 nitrogen and oxygen atoms in total. The van der Waals surface area contributed by atoms with Crippen LogP contribution in [0.25, 0.3) is 98.8 Å². The summed E-state index contributed by atoms with van der Waals surface area (Å²) in [4.78, 5) is 15.4. The van der Waals surface area contributed by atoms with Gasteiger partial charge in [0.25, 0.3) is 0 Å². The Bertz CT molecular complexity index is 3540. The van der Waals surface area contributed by atoms with Gasteiger partial charge in [0.1, 0.15) is 0 Å². The number of fused-ring (bicyclic) bond motifs is 13. The van der Waals surface area contributed by atoms with E-state index in [4.69, 9.17) is 15.0 Å². The molecule has 0 amide bonds. The average molecular weight is 806 g/mol. The molecule has 2 aliphatic carbocycles. The van der Waals surface area contributed by atoms with Gasteiger partial charge in [0.05, 0.1) is 5.41 Å². The smallest absolute Gasteiger partial charge is 0.164 e. The molecule has 0 saturated heterocycles.